The molecule has 2 amide bonds. The number of carbonyl (C=O) groups excluding carboxylic acids is 2. The van der Waals surface area contributed by atoms with Gasteiger partial charge in [-0.1, -0.05) is 11.6 Å². The molecule has 1 saturated heterocycles. The van der Waals surface area contributed by atoms with Gasteiger partial charge in [0.2, 0.25) is 11.8 Å². The predicted molar refractivity (Wildman–Crippen MR) is 73.2 cm³/mol. The standard InChI is InChI=1S/C13H20N2O2S/c16-12(8-15-10-18-9-13(15)17)14-7-6-11-4-2-1-3-5-11/h4H,1-3,5-10H2,(H,14,16). The molecule has 1 heterocycles. The van der Waals surface area contributed by atoms with E-state index in [1.807, 2.05) is 0 Å². The Hall–Kier alpha value is -0.970. The van der Waals surface area contributed by atoms with E-state index in [2.05, 4.69) is 11.4 Å². The fourth-order valence-corrected chi connectivity index (χ4v) is 3.17. The Balaban J connectivity index is 1.62. The summed E-state index contributed by atoms with van der Waals surface area (Å²) in [5, 5.41) is 2.89. The maximum atomic E-state index is 11.7. The monoisotopic (exact) mass is 268 g/mol. The average molecular weight is 268 g/mol. The summed E-state index contributed by atoms with van der Waals surface area (Å²) in [5.41, 5.74) is 1.47. The van der Waals surface area contributed by atoms with Gasteiger partial charge >= 0.3 is 0 Å². The molecule has 1 fully saturated rings. The molecule has 0 bridgehead atoms. The van der Waals surface area contributed by atoms with E-state index in [1.54, 1.807) is 16.7 Å². The van der Waals surface area contributed by atoms with Crippen molar-refractivity contribution in [1.29, 1.82) is 0 Å². The van der Waals surface area contributed by atoms with Crippen LogP contribution in [0.1, 0.15) is 32.1 Å². The molecule has 0 aromatic heterocycles. The van der Waals surface area contributed by atoms with Crippen LogP contribution in [0.15, 0.2) is 11.6 Å². The smallest absolute Gasteiger partial charge is 0.239 e. The summed E-state index contributed by atoms with van der Waals surface area (Å²) in [6.45, 7) is 0.907. The average Bonchev–Trinajstić information content (AvgIpc) is 2.76. The summed E-state index contributed by atoms with van der Waals surface area (Å²) in [4.78, 5) is 24.6. The third-order valence-electron chi connectivity index (χ3n) is 3.31. The molecule has 0 spiro atoms. The van der Waals surface area contributed by atoms with Gasteiger partial charge in [0.25, 0.3) is 0 Å². The summed E-state index contributed by atoms with van der Waals surface area (Å²) in [6, 6.07) is 0. The van der Waals surface area contributed by atoms with Gasteiger partial charge in [0, 0.05) is 6.54 Å². The highest BCUT2D eigenvalue weighted by molar-refractivity contribution is 8.00. The first-order valence-electron chi connectivity index (χ1n) is 6.56. The van der Waals surface area contributed by atoms with Gasteiger partial charge in [-0.05, 0) is 32.1 Å². The van der Waals surface area contributed by atoms with Crippen LogP contribution in [0, 0.1) is 0 Å². The third-order valence-corrected chi connectivity index (χ3v) is 4.26. The lowest BCUT2D eigenvalue weighted by molar-refractivity contribution is -0.132. The molecule has 0 unspecified atom stereocenters. The Labute approximate surface area is 112 Å². The molecule has 2 aliphatic rings. The molecular formula is C13H20N2O2S. The quantitative estimate of drug-likeness (QED) is 0.769. The van der Waals surface area contributed by atoms with Gasteiger partial charge in [0.05, 0.1) is 11.6 Å². The van der Waals surface area contributed by atoms with Gasteiger partial charge in [-0.2, -0.15) is 0 Å². The molecule has 18 heavy (non-hydrogen) atoms. The van der Waals surface area contributed by atoms with Gasteiger partial charge in [-0.3, -0.25) is 9.59 Å². The van der Waals surface area contributed by atoms with Crippen molar-refractivity contribution in [3.05, 3.63) is 11.6 Å². The Morgan fingerprint density at radius 3 is 3.00 bits per heavy atom. The molecular weight excluding hydrogens is 248 g/mol. The second-order valence-electron chi connectivity index (χ2n) is 4.78. The molecule has 1 aliphatic heterocycles. The summed E-state index contributed by atoms with van der Waals surface area (Å²) in [6.07, 6.45) is 8.19. The van der Waals surface area contributed by atoms with Crippen molar-refractivity contribution in [3.8, 4) is 0 Å². The van der Waals surface area contributed by atoms with Crippen LogP contribution in [-0.4, -0.2) is 41.4 Å². The van der Waals surface area contributed by atoms with Crippen molar-refractivity contribution < 1.29 is 9.59 Å². The lowest BCUT2D eigenvalue weighted by Crippen LogP contribution is -2.38. The molecule has 0 saturated carbocycles. The van der Waals surface area contributed by atoms with Crippen LogP contribution >= 0.6 is 11.8 Å². The molecule has 0 aromatic carbocycles. The molecule has 0 atom stereocenters. The fourth-order valence-electron chi connectivity index (χ4n) is 2.26. The molecule has 0 aromatic rings. The van der Waals surface area contributed by atoms with Crippen LogP contribution in [0.4, 0.5) is 0 Å². The maximum absolute atomic E-state index is 11.7. The molecule has 1 N–H and O–H groups in total. The number of allylic oxidation sites excluding steroid dienone is 1. The first kappa shape index (κ1) is 13.5. The van der Waals surface area contributed by atoms with E-state index in [0.717, 1.165) is 6.42 Å². The van der Waals surface area contributed by atoms with Crippen molar-refractivity contribution in [1.82, 2.24) is 10.2 Å². The number of amides is 2. The summed E-state index contributed by atoms with van der Waals surface area (Å²) in [5.74, 6) is 1.20. The van der Waals surface area contributed by atoms with Gasteiger partial charge in [-0.15, -0.1) is 11.8 Å². The minimum atomic E-state index is -0.0396. The summed E-state index contributed by atoms with van der Waals surface area (Å²) < 4.78 is 0. The maximum Gasteiger partial charge on any atom is 0.239 e. The van der Waals surface area contributed by atoms with Gasteiger partial charge < -0.3 is 10.2 Å². The minimum absolute atomic E-state index is 0.0396. The molecule has 1 aliphatic carbocycles. The highest BCUT2D eigenvalue weighted by Gasteiger charge is 2.22. The Kier molecular flexibility index (Phi) is 5.11. The zero-order valence-corrected chi connectivity index (χ0v) is 11.4. The van der Waals surface area contributed by atoms with Crippen molar-refractivity contribution in [2.24, 2.45) is 0 Å². The van der Waals surface area contributed by atoms with Gasteiger partial charge in [-0.25, -0.2) is 0 Å². The van der Waals surface area contributed by atoms with Crippen LogP contribution in [0.25, 0.3) is 0 Å². The number of carbonyl (C=O) groups is 2. The van der Waals surface area contributed by atoms with Crippen LogP contribution < -0.4 is 5.32 Å². The van der Waals surface area contributed by atoms with Crippen LogP contribution in [0.2, 0.25) is 0 Å². The minimum Gasteiger partial charge on any atom is -0.354 e. The highest BCUT2D eigenvalue weighted by Crippen LogP contribution is 2.19. The van der Waals surface area contributed by atoms with Crippen molar-refractivity contribution in [2.75, 3.05) is 24.7 Å². The van der Waals surface area contributed by atoms with Crippen LogP contribution in [-0.2, 0) is 9.59 Å². The van der Waals surface area contributed by atoms with E-state index in [0.29, 0.717) is 18.2 Å². The Morgan fingerprint density at radius 1 is 1.44 bits per heavy atom. The normalized spacial score (nSPS) is 19.9. The first-order chi connectivity index (χ1) is 8.75. The second kappa shape index (κ2) is 6.83. The van der Waals surface area contributed by atoms with E-state index >= 15 is 0 Å². The van der Waals surface area contributed by atoms with E-state index in [4.69, 9.17) is 0 Å². The van der Waals surface area contributed by atoms with Gasteiger partial charge in [0.1, 0.15) is 6.54 Å². The lowest BCUT2D eigenvalue weighted by Gasteiger charge is -2.15. The number of hydrogen-bond donors (Lipinski definition) is 1. The molecule has 2 rings (SSSR count). The van der Waals surface area contributed by atoms with Crippen molar-refractivity contribution in [3.63, 3.8) is 0 Å². The topological polar surface area (TPSA) is 49.4 Å². The Bertz CT molecular complexity index is 355. The van der Waals surface area contributed by atoms with Gasteiger partial charge in [0.15, 0.2) is 0 Å². The fraction of sp³-hybridized carbons (Fsp3) is 0.692. The molecule has 4 nitrogen and oxygen atoms in total. The summed E-state index contributed by atoms with van der Waals surface area (Å²) in [7, 11) is 0. The summed E-state index contributed by atoms with van der Waals surface area (Å²) >= 11 is 1.57. The number of hydrogen-bond acceptors (Lipinski definition) is 3. The molecule has 100 valence electrons. The number of nitrogens with zero attached hydrogens (tertiary/aromatic N) is 1. The van der Waals surface area contributed by atoms with E-state index in [9.17, 15) is 9.59 Å². The predicted octanol–water partition coefficient (Wildman–Crippen LogP) is 1.53. The second-order valence-corrected chi connectivity index (χ2v) is 5.73. The number of nitrogens with one attached hydrogen (secondary N) is 1. The Morgan fingerprint density at radius 2 is 2.33 bits per heavy atom. The SMILES string of the molecule is O=C(CN1CSCC1=O)NCCC1=CCCCC1. The first-order valence-corrected chi connectivity index (χ1v) is 7.71. The van der Waals surface area contributed by atoms with E-state index in [-0.39, 0.29) is 18.4 Å². The third kappa shape index (κ3) is 4.05. The number of rotatable bonds is 5. The van der Waals surface area contributed by atoms with Crippen molar-refractivity contribution in [2.45, 2.75) is 32.1 Å². The van der Waals surface area contributed by atoms with E-state index in [1.165, 1.54) is 31.3 Å². The lowest BCUT2D eigenvalue weighted by atomic mass is 9.97. The number of thioether (sulfide) groups is 1. The zero-order chi connectivity index (χ0) is 12.8. The molecule has 5 heteroatoms. The largest absolute Gasteiger partial charge is 0.354 e. The zero-order valence-electron chi connectivity index (χ0n) is 10.6. The molecule has 0 radical (unpaired) electrons. The van der Waals surface area contributed by atoms with E-state index < -0.39 is 0 Å². The highest BCUT2D eigenvalue weighted by atomic mass is 32.2. The van der Waals surface area contributed by atoms with Crippen molar-refractivity contribution >= 4 is 23.6 Å². The van der Waals surface area contributed by atoms with Crippen LogP contribution in [0.5, 0.6) is 0 Å². The van der Waals surface area contributed by atoms with Crippen LogP contribution in [0.3, 0.4) is 0 Å².